The Bertz CT molecular complexity index is 596. The van der Waals surface area contributed by atoms with Crippen LogP contribution in [-0.4, -0.2) is 10.8 Å². The molecule has 0 unspecified atom stereocenters. The molecule has 2 aromatic rings. The number of Topliss-reactive ketones (excluding diaryl/α,β-unsaturated/α-hetero) is 1. The quantitative estimate of drug-likeness (QED) is 0.871. The molecule has 0 bridgehead atoms. The fourth-order valence-corrected chi connectivity index (χ4v) is 2.43. The van der Waals surface area contributed by atoms with Crippen molar-refractivity contribution < 1.29 is 4.79 Å². The molecule has 0 amide bonds. The summed E-state index contributed by atoms with van der Waals surface area (Å²) in [5, 5.41) is 2.83. The van der Waals surface area contributed by atoms with E-state index in [-0.39, 0.29) is 11.2 Å². The second-order valence-corrected chi connectivity index (χ2v) is 6.54. The standard InChI is InChI=1S/C15H18N2OS/c1-15(2,3)13(18)8-14-17-12(9-19-14)10-5-4-6-11(16)7-10/h4-7,9H,8,16H2,1-3H3. The number of nitrogens with zero attached hydrogens (tertiary/aromatic N) is 1. The Hall–Kier alpha value is -1.68. The van der Waals surface area contributed by atoms with Crippen molar-refractivity contribution in [1.82, 2.24) is 4.98 Å². The van der Waals surface area contributed by atoms with Gasteiger partial charge in [0.15, 0.2) is 0 Å². The third kappa shape index (κ3) is 3.41. The smallest absolute Gasteiger partial charge is 0.144 e. The Morgan fingerprint density at radius 3 is 2.74 bits per heavy atom. The number of nitrogen functional groups attached to an aromatic ring is 1. The average Bonchev–Trinajstić information content (AvgIpc) is 2.76. The van der Waals surface area contributed by atoms with Crippen LogP contribution in [0.5, 0.6) is 0 Å². The van der Waals surface area contributed by atoms with Crippen LogP contribution in [0.1, 0.15) is 25.8 Å². The van der Waals surface area contributed by atoms with Gasteiger partial charge in [0.05, 0.1) is 12.1 Å². The van der Waals surface area contributed by atoms with E-state index >= 15 is 0 Å². The van der Waals surface area contributed by atoms with Gasteiger partial charge in [-0.25, -0.2) is 4.98 Å². The van der Waals surface area contributed by atoms with Crippen LogP contribution >= 0.6 is 11.3 Å². The van der Waals surface area contributed by atoms with E-state index in [4.69, 9.17) is 5.73 Å². The number of hydrogen-bond donors (Lipinski definition) is 1. The van der Waals surface area contributed by atoms with Crippen LogP contribution in [0.3, 0.4) is 0 Å². The van der Waals surface area contributed by atoms with Crippen LogP contribution in [0.15, 0.2) is 29.6 Å². The second kappa shape index (κ2) is 5.13. The van der Waals surface area contributed by atoms with Gasteiger partial charge in [0.1, 0.15) is 10.8 Å². The van der Waals surface area contributed by atoms with Gasteiger partial charge in [0.2, 0.25) is 0 Å². The van der Waals surface area contributed by atoms with Crippen molar-refractivity contribution in [1.29, 1.82) is 0 Å². The molecule has 1 heterocycles. The van der Waals surface area contributed by atoms with Crippen molar-refractivity contribution in [3.63, 3.8) is 0 Å². The molecule has 100 valence electrons. The Balaban J connectivity index is 2.18. The lowest BCUT2D eigenvalue weighted by Gasteiger charge is -2.15. The van der Waals surface area contributed by atoms with E-state index in [0.29, 0.717) is 6.42 Å². The highest BCUT2D eigenvalue weighted by Crippen LogP contribution is 2.25. The van der Waals surface area contributed by atoms with Crippen LogP contribution in [0.2, 0.25) is 0 Å². The number of carbonyl (C=O) groups excluding carboxylic acids is 1. The van der Waals surface area contributed by atoms with Crippen molar-refractivity contribution in [2.75, 3.05) is 5.73 Å². The molecule has 0 fully saturated rings. The highest BCUT2D eigenvalue weighted by molar-refractivity contribution is 7.10. The van der Waals surface area contributed by atoms with E-state index in [1.165, 1.54) is 11.3 Å². The maximum atomic E-state index is 12.0. The fourth-order valence-electron chi connectivity index (χ4n) is 1.63. The maximum absolute atomic E-state index is 12.0. The molecular formula is C15H18N2OS. The van der Waals surface area contributed by atoms with Gasteiger partial charge in [0, 0.05) is 22.0 Å². The number of hydrogen-bond acceptors (Lipinski definition) is 4. The SMILES string of the molecule is CC(C)(C)C(=O)Cc1nc(-c2cccc(N)c2)cs1. The third-order valence-electron chi connectivity index (χ3n) is 2.88. The predicted octanol–water partition coefficient (Wildman–Crippen LogP) is 3.55. The van der Waals surface area contributed by atoms with E-state index in [1.807, 2.05) is 50.4 Å². The monoisotopic (exact) mass is 274 g/mol. The summed E-state index contributed by atoms with van der Waals surface area (Å²) in [4.78, 5) is 16.5. The lowest BCUT2D eigenvalue weighted by atomic mass is 9.89. The number of aromatic nitrogens is 1. The summed E-state index contributed by atoms with van der Waals surface area (Å²) in [6.07, 6.45) is 0.399. The Morgan fingerprint density at radius 1 is 1.37 bits per heavy atom. The number of anilines is 1. The minimum atomic E-state index is -0.316. The number of carbonyl (C=O) groups is 1. The summed E-state index contributed by atoms with van der Waals surface area (Å²) >= 11 is 1.52. The summed E-state index contributed by atoms with van der Waals surface area (Å²) in [5.41, 5.74) is 8.04. The normalized spacial score (nSPS) is 11.5. The van der Waals surface area contributed by atoms with E-state index in [2.05, 4.69) is 4.98 Å². The lowest BCUT2D eigenvalue weighted by Crippen LogP contribution is -2.21. The molecule has 4 heteroatoms. The first-order valence-electron chi connectivity index (χ1n) is 6.20. The molecule has 2 rings (SSSR count). The summed E-state index contributed by atoms with van der Waals surface area (Å²) < 4.78 is 0. The molecule has 1 aromatic carbocycles. The summed E-state index contributed by atoms with van der Waals surface area (Å²) in [7, 11) is 0. The zero-order chi connectivity index (χ0) is 14.0. The first-order valence-corrected chi connectivity index (χ1v) is 7.08. The Kier molecular flexibility index (Phi) is 3.71. The van der Waals surface area contributed by atoms with Gasteiger partial charge in [-0.1, -0.05) is 32.9 Å². The molecule has 0 atom stereocenters. The fraction of sp³-hybridized carbons (Fsp3) is 0.333. The zero-order valence-corrected chi connectivity index (χ0v) is 12.3. The van der Waals surface area contributed by atoms with Crippen LogP contribution in [-0.2, 0) is 11.2 Å². The minimum absolute atomic E-state index is 0.209. The summed E-state index contributed by atoms with van der Waals surface area (Å²) in [6, 6.07) is 7.62. The molecule has 0 radical (unpaired) electrons. The molecule has 0 saturated carbocycles. The van der Waals surface area contributed by atoms with Crippen LogP contribution in [0, 0.1) is 5.41 Å². The van der Waals surface area contributed by atoms with Crippen molar-refractivity contribution in [3.8, 4) is 11.3 Å². The van der Waals surface area contributed by atoms with Gasteiger partial charge in [0.25, 0.3) is 0 Å². The number of benzene rings is 1. The Labute approximate surface area is 117 Å². The van der Waals surface area contributed by atoms with E-state index in [1.54, 1.807) is 0 Å². The van der Waals surface area contributed by atoms with Gasteiger partial charge in [-0.3, -0.25) is 4.79 Å². The molecular weight excluding hydrogens is 256 g/mol. The van der Waals surface area contributed by atoms with Gasteiger partial charge in [-0.2, -0.15) is 0 Å². The van der Waals surface area contributed by atoms with Crippen molar-refractivity contribution in [2.24, 2.45) is 5.41 Å². The van der Waals surface area contributed by atoms with Crippen molar-refractivity contribution >= 4 is 22.8 Å². The third-order valence-corrected chi connectivity index (χ3v) is 3.73. The molecule has 0 aliphatic rings. The van der Waals surface area contributed by atoms with Gasteiger partial charge in [-0.05, 0) is 12.1 Å². The molecule has 3 nitrogen and oxygen atoms in total. The largest absolute Gasteiger partial charge is 0.399 e. The van der Waals surface area contributed by atoms with Crippen LogP contribution < -0.4 is 5.73 Å². The number of thiazole rings is 1. The Morgan fingerprint density at radius 2 is 2.11 bits per heavy atom. The molecule has 0 spiro atoms. The first-order chi connectivity index (χ1) is 8.86. The predicted molar refractivity (Wildman–Crippen MR) is 80.1 cm³/mol. The number of rotatable bonds is 3. The average molecular weight is 274 g/mol. The minimum Gasteiger partial charge on any atom is -0.399 e. The van der Waals surface area contributed by atoms with Crippen LogP contribution in [0.25, 0.3) is 11.3 Å². The van der Waals surface area contributed by atoms with Gasteiger partial charge < -0.3 is 5.73 Å². The van der Waals surface area contributed by atoms with Crippen LogP contribution in [0.4, 0.5) is 5.69 Å². The molecule has 19 heavy (non-hydrogen) atoms. The summed E-state index contributed by atoms with van der Waals surface area (Å²) in [6.45, 7) is 5.80. The number of ketones is 1. The van der Waals surface area contributed by atoms with E-state index in [0.717, 1.165) is 22.0 Å². The highest BCUT2D eigenvalue weighted by Gasteiger charge is 2.22. The molecule has 0 saturated heterocycles. The zero-order valence-electron chi connectivity index (χ0n) is 11.4. The van der Waals surface area contributed by atoms with Crippen molar-refractivity contribution in [3.05, 3.63) is 34.7 Å². The molecule has 0 aliphatic heterocycles. The second-order valence-electron chi connectivity index (χ2n) is 5.60. The highest BCUT2D eigenvalue weighted by atomic mass is 32.1. The molecule has 2 N–H and O–H groups in total. The molecule has 1 aromatic heterocycles. The van der Waals surface area contributed by atoms with E-state index in [9.17, 15) is 4.79 Å². The number of nitrogens with two attached hydrogens (primary N) is 1. The summed E-state index contributed by atoms with van der Waals surface area (Å²) in [5.74, 6) is 0.209. The van der Waals surface area contributed by atoms with Gasteiger partial charge in [-0.15, -0.1) is 11.3 Å². The van der Waals surface area contributed by atoms with Gasteiger partial charge >= 0.3 is 0 Å². The topological polar surface area (TPSA) is 56.0 Å². The maximum Gasteiger partial charge on any atom is 0.144 e. The van der Waals surface area contributed by atoms with Crippen molar-refractivity contribution in [2.45, 2.75) is 27.2 Å². The lowest BCUT2D eigenvalue weighted by molar-refractivity contribution is -0.125. The first kappa shape index (κ1) is 13.7. The molecule has 0 aliphatic carbocycles. The van der Waals surface area contributed by atoms with E-state index < -0.39 is 0 Å².